The van der Waals surface area contributed by atoms with Crippen LogP contribution in [0.3, 0.4) is 0 Å². The number of imidazole rings is 2. The molecule has 4 aromatic carbocycles. The Morgan fingerprint density at radius 2 is 1.42 bits per heavy atom. The molecular weight excluding hydrogens is 785 g/mol. The number of nitrogens with one attached hydrogen (secondary N) is 4. The molecule has 1 saturated heterocycles. The summed E-state index contributed by atoms with van der Waals surface area (Å²) >= 11 is 0. The maximum Gasteiger partial charge on any atom is 0.407 e. The second-order valence-electron chi connectivity index (χ2n) is 15.9. The van der Waals surface area contributed by atoms with Crippen molar-refractivity contribution in [3.05, 3.63) is 120 Å². The summed E-state index contributed by atoms with van der Waals surface area (Å²) < 4.78 is 9.62. The van der Waals surface area contributed by atoms with E-state index in [2.05, 4.69) is 75.2 Å². The molecule has 6 aromatic rings. The number of hydrogen-bond donors (Lipinski definition) is 4. The summed E-state index contributed by atoms with van der Waals surface area (Å²) in [5.74, 6) is 0.839. The van der Waals surface area contributed by atoms with Gasteiger partial charge in [0.1, 0.15) is 23.7 Å². The molecule has 62 heavy (non-hydrogen) atoms. The highest BCUT2D eigenvalue weighted by Crippen LogP contribution is 2.35. The Morgan fingerprint density at radius 1 is 0.806 bits per heavy atom. The van der Waals surface area contributed by atoms with Crippen LogP contribution in [0, 0.1) is 5.92 Å². The summed E-state index contributed by atoms with van der Waals surface area (Å²) in [5, 5.41) is 5.42. The lowest BCUT2D eigenvalue weighted by Crippen LogP contribution is -2.52. The molecule has 2 aromatic heterocycles. The second-order valence-corrected chi connectivity index (χ2v) is 15.9. The van der Waals surface area contributed by atoms with Gasteiger partial charge in [-0.15, -0.1) is 0 Å². The summed E-state index contributed by atoms with van der Waals surface area (Å²) in [6.07, 6.45) is 2.81. The first kappa shape index (κ1) is 43.1. The number of hydrogen-bond acceptors (Lipinski definition) is 8. The van der Waals surface area contributed by atoms with E-state index in [1.165, 1.54) is 14.2 Å². The molecule has 1 aliphatic heterocycles. The lowest BCUT2D eigenvalue weighted by molar-refractivity contribution is -0.137. The Labute approximate surface area is 361 Å². The molecule has 1 fully saturated rings. The Kier molecular flexibility index (Phi) is 13.3. The van der Waals surface area contributed by atoms with E-state index in [-0.39, 0.29) is 29.8 Å². The van der Waals surface area contributed by atoms with Gasteiger partial charge in [-0.25, -0.2) is 19.6 Å². The van der Waals surface area contributed by atoms with Crippen LogP contribution in [0.15, 0.2) is 103 Å². The maximum atomic E-state index is 13.9. The third kappa shape index (κ3) is 9.34. The number of methoxy groups -OCH3 is 2. The molecule has 4 atom stereocenters. The van der Waals surface area contributed by atoms with E-state index in [1.54, 1.807) is 16.0 Å². The summed E-state index contributed by atoms with van der Waals surface area (Å²) in [6.45, 7) is 8.81. The van der Waals surface area contributed by atoms with Crippen LogP contribution in [-0.2, 0) is 19.1 Å². The van der Waals surface area contributed by atoms with Gasteiger partial charge in [0.15, 0.2) is 0 Å². The van der Waals surface area contributed by atoms with Crippen LogP contribution in [0.2, 0.25) is 0 Å². The third-order valence-corrected chi connectivity index (χ3v) is 11.5. The second kappa shape index (κ2) is 19.2. The van der Waals surface area contributed by atoms with E-state index in [0.717, 1.165) is 63.8 Å². The van der Waals surface area contributed by atoms with Crippen molar-refractivity contribution in [1.29, 1.82) is 0 Å². The van der Waals surface area contributed by atoms with Gasteiger partial charge in [0, 0.05) is 13.1 Å². The van der Waals surface area contributed by atoms with Crippen molar-refractivity contribution < 1.29 is 28.7 Å². The third-order valence-electron chi connectivity index (χ3n) is 11.5. The standard InChI is InChI=1S/C48H54N8O6/c1-7-25-55(45(57)41(29(2)3)53-47(59)61-5)30(4)43-50-37-24-23-36(27-38(37)51-43)33-17-15-31(16-18-33)32-19-21-34(22-20-32)39-28-49-44(52-39)40-14-11-26-56(40)46(58)42(54-48(60)62-6)35-12-9-8-10-13-35/h8-10,12-13,15-24,27-30,40-42H,7,11,14,25-26H2,1-6H3,(H,49,52)(H,50,51)(H,53,59)(H,54,60)/t30-,40-,41-,42+/m0/s1. The molecule has 0 spiro atoms. The highest BCUT2D eigenvalue weighted by Gasteiger charge is 2.37. The SMILES string of the molecule is CCCN(C(=O)[C@@H](NC(=O)OC)C(C)C)[C@@H](C)c1nc2ccc(-c3ccc(-c4ccc(-c5cnc([C@@H]6CCCN6C(=O)[C@H](NC(=O)OC)c6ccccc6)[nH]5)cc4)cc3)cc2[nH]1. The van der Waals surface area contributed by atoms with E-state index in [4.69, 9.17) is 19.4 Å². The average molecular weight is 839 g/mol. The molecule has 0 radical (unpaired) electrons. The molecule has 14 nitrogen and oxygen atoms in total. The van der Waals surface area contributed by atoms with Crippen molar-refractivity contribution in [3.8, 4) is 33.5 Å². The molecule has 3 heterocycles. The summed E-state index contributed by atoms with van der Waals surface area (Å²) in [6, 6.07) is 29.8. The van der Waals surface area contributed by atoms with Crippen molar-refractivity contribution in [2.45, 2.75) is 71.1 Å². The summed E-state index contributed by atoms with van der Waals surface area (Å²) in [4.78, 5) is 72.0. The molecule has 1 aliphatic rings. The number of fused-ring (bicyclic) bond motifs is 1. The highest BCUT2D eigenvalue weighted by atomic mass is 16.5. The van der Waals surface area contributed by atoms with E-state index < -0.39 is 24.3 Å². The smallest absolute Gasteiger partial charge is 0.407 e. The van der Waals surface area contributed by atoms with E-state index in [1.807, 2.05) is 70.2 Å². The zero-order chi connectivity index (χ0) is 43.9. The van der Waals surface area contributed by atoms with Crippen LogP contribution in [0.4, 0.5) is 9.59 Å². The van der Waals surface area contributed by atoms with Gasteiger partial charge in [0.05, 0.1) is 49.2 Å². The summed E-state index contributed by atoms with van der Waals surface area (Å²) in [7, 11) is 2.57. The van der Waals surface area contributed by atoms with Gasteiger partial charge in [0.2, 0.25) is 5.91 Å². The first-order valence-corrected chi connectivity index (χ1v) is 21.1. The van der Waals surface area contributed by atoms with Gasteiger partial charge >= 0.3 is 12.2 Å². The number of aromatic amines is 2. The lowest BCUT2D eigenvalue weighted by Gasteiger charge is -2.32. The number of rotatable bonds is 14. The number of benzene rings is 4. The fourth-order valence-corrected chi connectivity index (χ4v) is 8.11. The molecule has 322 valence electrons. The number of alkyl carbamates (subject to hydrolysis) is 2. The van der Waals surface area contributed by atoms with Gasteiger partial charge in [-0.2, -0.15) is 0 Å². The minimum Gasteiger partial charge on any atom is -0.453 e. The first-order chi connectivity index (χ1) is 30.0. The van der Waals surface area contributed by atoms with Crippen molar-refractivity contribution in [2.24, 2.45) is 5.92 Å². The van der Waals surface area contributed by atoms with Crippen molar-refractivity contribution in [1.82, 2.24) is 40.4 Å². The Bertz CT molecular complexity index is 2500. The van der Waals surface area contributed by atoms with Crippen molar-refractivity contribution in [2.75, 3.05) is 27.3 Å². The molecule has 0 bridgehead atoms. The normalized spacial score (nSPS) is 15.2. The molecule has 4 amide bonds. The number of nitrogens with zero attached hydrogens (tertiary/aromatic N) is 4. The molecule has 7 rings (SSSR count). The number of carbonyl (C=O) groups is 4. The van der Waals surface area contributed by atoms with Crippen LogP contribution in [0.25, 0.3) is 44.5 Å². The number of H-pyrrole nitrogens is 2. The molecule has 0 saturated carbocycles. The highest BCUT2D eigenvalue weighted by molar-refractivity contribution is 5.88. The Balaban J connectivity index is 1.03. The molecule has 0 unspecified atom stereocenters. The minimum atomic E-state index is -0.882. The van der Waals surface area contributed by atoms with E-state index >= 15 is 0 Å². The molecule has 4 N–H and O–H groups in total. The number of aromatic nitrogens is 4. The van der Waals surface area contributed by atoms with Crippen LogP contribution in [0.1, 0.15) is 82.3 Å². The number of amides is 4. The van der Waals surface area contributed by atoms with Crippen LogP contribution in [0.5, 0.6) is 0 Å². The quantitative estimate of drug-likeness (QED) is 0.0843. The van der Waals surface area contributed by atoms with Gasteiger partial charge in [-0.1, -0.05) is 106 Å². The largest absolute Gasteiger partial charge is 0.453 e. The Hall–Kier alpha value is -6.96. The fraction of sp³-hybridized carbons (Fsp3) is 0.333. The number of ether oxygens (including phenoxy) is 2. The average Bonchev–Trinajstić information content (AvgIpc) is 4.09. The molecular formula is C48H54N8O6. The van der Waals surface area contributed by atoms with Gasteiger partial charge in [-0.05, 0) is 77.6 Å². The number of carbonyl (C=O) groups excluding carboxylic acids is 4. The van der Waals surface area contributed by atoms with Crippen molar-refractivity contribution in [3.63, 3.8) is 0 Å². The fourth-order valence-electron chi connectivity index (χ4n) is 8.11. The van der Waals surface area contributed by atoms with Gasteiger partial charge in [-0.3, -0.25) is 9.59 Å². The predicted octanol–water partition coefficient (Wildman–Crippen LogP) is 8.73. The van der Waals surface area contributed by atoms with E-state index in [9.17, 15) is 19.2 Å². The summed E-state index contributed by atoms with van der Waals surface area (Å²) in [5.41, 5.74) is 8.37. The first-order valence-electron chi connectivity index (χ1n) is 21.1. The van der Waals surface area contributed by atoms with E-state index in [0.29, 0.717) is 30.3 Å². The predicted molar refractivity (Wildman–Crippen MR) is 238 cm³/mol. The lowest BCUT2D eigenvalue weighted by atomic mass is 9.99. The molecule has 14 heteroatoms. The topological polar surface area (TPSA) is 175 Å². The van der Waals surface area contributed by atoms with Crippen molar-refractivity contribution >= 4 is 35.0 Å². The monoisotopic (exact) mass is 838 g/mol. The zero-order valence-corrected chi connectivity index (χ0v) is 36.0. The van der Waals surface area contributed by atoms with Gasteiger partial charge < -0.3 is 39.9 Å². The zero-order valence-electron chi connectivity index (χ0n) is 36.0. The van der Waals surface area contributed by atoms with Crippen LogP contribution < -0.4 is 10.6 Å². The molecule has 0 aliphatic carbocycles. The number of likely N-dealkylation sites (tertiary alicyclic amines) is 1. The van der Waals surface area contributed by atoms with Crippen LogP contribution in [-0.4, -0.2) is 87.1 Å². The maximum absolute atomic E-state index is 13.9. The minimum absolute atomic E-state index is 0.136. The van der Waals surface area contributed by atoms with Crippen LogP contribution >= 0.6 is 0 Å². The van der Waals surface area contributed by atoms with Gasteiger partial charge in [0.25, 0.3) is 5.91 Å². The Morgan fingerprint density at radius 3 is 2.05 bits per heavy atom.